The van der Waals surface area contributed by atoms with E-state index in [1.165, 1.54) is 0 Å². The van der Waals surface area contributed by atoms with Gasteiger partial charge in [0.2, 0.25) is 5.91 Å². The number of hydrogen-bond acceptors (Lipinski definition) is 6. The molecule has 2 saturated heterocycles. The molecule has 3 heterocycles. The van der Waals surface area contributed by atoms with Gasteiger partial charge in [0, 0.05) is 24.8 Å². The van der Waals surface area contributed by atoms with Crippen LogP contribution in [0, 0.1) is 35.0 Å². The van der Waals surface area contributed by atoms with Gasteiger partial charge in [-0.2, -0.15) is 10.5 Å². The lowest BCUT2D eigenvalue weighted by atomic mass is 9.89. The van der Waals surface area contributed by atoms with Crippen LogP contribution in [0.1, 0.15) is 38.2 Å². The Morgan fingerprint density at radius 1 is 1.32 bits per heavy atom. The van der Waals surface area contributed by atoms with Gasteiger partial charge in [-0.3, -0.25) is 9.78 Å². The molecule has 2 fully saturated rings. The number of carbonyl (C=O) groups excluding carboxylic acids is 1. The van der Waals surface area contributed by atoms with E-state index in [1.54, 1.807) is 17.3 Å². The monoisotopic (exact) mass is 376 g/mol. The smallest absolute Gasteiger partial charge is 0.238 e. The van der Waals surface area contributed by atoms with Crippen molar-refractivity contribution in [1.29, 1.82) is 10.5 Å². The predicted octanol–water partition coefficient (Wildman–Crippen LogP) is 1.42. The molecule has 0 saturated carbocycles. The molecule has 0 radical (unpaired) electrons. The van der Waals surface area contributed by atoms with E-state index in [4.69, 9.17) is 11.7 Å². The van der Waals surface area contributed by atoms with Crippen LogP contribution >= 0.6 is 0 Å². The summed E-state index contributed by atoms with van der Waals surface area (Å²) in [4.78, 5) is 20.6. The zero-order valence-corrected chi connectivity index (χ0v) is 16.1. The van der Waals surface area contributed by atoms with Crippen molar-refractivity contribution in [3.8, 4) is 24.5 Å². The molecule has 2 aliphatic rings. The van der Waals surface area contributed by atoms with Crippen molar-refractivity contribution in [2.45, 2.75) is 50.2 Å². The molecule has 0 aromatic carbocycles. The number of hydrogen-bond donors (Lipinski definition) is 1. The number of nitrogens with zero attached hydrogens (tertiary/aromatic N) is 5. The molecule has 7 nitrogen and oxygen atoms in total. The quantitative estimate of drug-likeness (QED) is 0.799. The van der Waals surface area contributed by atoms with Crippen LogP contribution in [0.5, 0.6) is 0 Å². The highest BCUT2D eigenvalue weighted by Crippen LogP contribution is 2.27. The van der Waals surface area contributed by atoms with Gasteiger partial charge in [-0.15, -0.1) is 6.42 Å². The number of terminal acetylenes is 1. The third kappa shape index (κ3) is 4.09. The van der Waals surface area contributed by atoms with E-state index in [0.717, 1.165) is 31.6 Å². The van der Waals surface area contributed by atoms with Crippen molar-refractivity contribution in [3.05, 3.63) is 24.0 Å². The van der Waals surface area contributed by atoms with Gasteiger partial charge >= 0.3 is 0 Å². The molecule has 0 aliphatic carbocycles. The maximum Gasteiger partial charge on any atom is 0.238 e. The summed E-state index contributed by atoms with van der Waals surface area (Å²) < 4.78 is 0. The lowest BCUT2D eigenvalue weighted by Gasteiger charge is -2.41. The molecular weight excluding hydrogens is 352 g/mol. The Bertz CT molecular complexity index is 831. The Labute approximate surface area is 165 Å². The Balaban J connectivity index is 1.56. The number of carbonyl (C=O) groups is 1. The van der Waals surface area contributed by atoms with E-state index in [2.05, 4.69) is 40.2 Å². The van der Waals surface area contributed by atoms with Crippen LogP contribution in [0.25, 0.3) is 0 Å². The van der Waals surface area contributed by atoms with Gasteiger partial charge in [0.1, 0.15) is 12.1 Å². The molecule has 1 amide bonds. The molecule has 28 heavy (non-hydrogen) atoms. The molecule has 1 N–H and O–H groups in total. The molecule has 1 aromatic rings. The van der Waals surface area contributed by atoms with Crippen molar-refractivity contribution in [3.63, 3.8) is 0 Å². The van der Waals surface area contributed by atoms with E-state index in [-0.39, 0.29) is 24.0 Å². The number of nitrogens with one attached hydrogen (secondary N) is 1. The fraction of sp³-hybridized carbons (Fsp3) is 0.524. The second kappa shape index (κ2) is 8.30. The first kappa shape index (κ1) is 19.7. The molecule has 2 aliphatic heterocycles. The Hall–Kier alpha value is -3.08. The Morgan fingerprint density at radius 2 is 2.04 bits per heavy atom. The van der Waals surface area contributed by atoms with Crippen molar-refractivity contribution in [2.75, 3.05) is 24.5 Å². The zero-order chi connectivity index (χ0) is 20.1. The minimum Gasteiger partial charge on any atom is -0.370 e. The van der Waals surface area contributed by atoms with Gasteiger partial charge in [-0.1, -0.05) is 5.92 Å². The fourth-order valence-electron chi connectivity index (χ4n) is 3.93. The number of nitriles is 2. The number of piperidine rings is 1. The highest BCUT2D eigenvalue weighted by atomic mass is 16.2. The predicted molar refractivity (Wildman–Crippen MR) is 105 cm³/mol. The summed E-state index contributed by atoms with van der Waals surface area (Å²) in [6.45, 7) is 3.92. The van der Waals surface area contributed by atoms with Crippen LogP contribution in [0.3, 0.4) is 0 Å². The maximum absolute atomic E-state index is 12.7. The first-order chi connectivity index (χ1) is 13.5. The largest absolute Gasteiger partial charge is 0.370 e. The van der Waals surface area contributed by atoms with Gasteiger partial charge in [-0.25, -0.2) is 0 Å². The topological polar surface area (TPSA) is 96.1 Å². The lowest BCUT2D eigenvalue weighted by Crippen LogP contribution is -2.55. The number of aromatic nitrogens is 1. The van der Waals surface area contributed by atoms with Gasteiger partial charge in [0.25, 0.3) is 0 Å². The second-order valence-corrected chi connectivity index (χ2v) is 7.65. The number of amides is 1. The van der Waals surface area contributed by atoms with Gasteiger partial charge < -0.3 is 15.1 Å². The molecule has 1 aromatic heterocycles. The SMILES string of the molecule is C#C[C@@H]1CCC(C#N)N1C(=O)CNC1(C)CCN(c2cncc(C#N)c2)CC1. The lowest BCUT2D eigenvalue weighted by molar-refractivity contribution is -0.131. The summed E-state index contributed by atoms with van der Waals surface area (Å²) >= 11 is 0. The van der Waals surface area contributed by atoms with E-state index in [9.17, 15) is 10.1 Å². The van der Waals surface area contributed by atoms with Crippen LogP contribution in [-0.2, 0) is 4.79 Å². The van der Waals surface area contributed by atoms with E-state index < -0.39 is 6.04 Å². The summed E-state index contributed by atoms with van der Waals surface area (Å²) in [5.74, 6) is 2.52. The number of rotatable bonds is 4. The van der Waals surface area contributed by atoms with Gasteiger partial charge in [-0.05, 0) is 38.7 Å². The Kier molecular flexibility index (Phi) is 5.83. The third-order valence-electron chi connectivity index (χ3n) is 5.77. The molecule has 2 atom stereocenters. The summed E-state index contributed by atoms with van der Waals surface area (Å²) in [6, 6.07) is 5.44. The zero-order valence-electron chi connectivity index (χ0n) is 16.1. The van der Waals surface area contributed by atoms with Crippen LogP contribution < -0.4 is 10.2 Å². The third-order valence-corrected chi connectivity index (χ3v) is 5.77. The first-order valence-electron chi connectivity index (χ1n) is 9.52. The van der Waals surface area contributed by atoms with Crippen molar-refractivity contribution in [2.24, 2.45) is 0 Å². The molecule has 0 spiro atoms. The summed E-state index contributed by atoms with van der Waals surface area (Å²) in [6.07, 6.45) is 11.9. The van der Waals surface area contributed by atoms with Gasteiger partial charge in [0.15, 0.2) is 0 Å². The summed E-state index contributed by atoms with van der Waals surface area (Å²) in [7, 11) is 0. The normalized spacial score (nSPS) is 23.5. The van der Waals surface area contributed by atoms with E-state index >= 15 is 0 Å². The van der Waals surface area contributed by atoms with Gasteiger partial charge in [0.05, 0.1) is 36.1 Å². The molecule has 144 valence electrons. The van der Waals surface area contributed by atoms with Crippen molar-refractivity contribution >= 4 is 11.6 Å². The average molecular weight is 376 g/mol. The van der Waals surface area contributed by atoms with Crippen LogP contribution in [-0.4, -0.2) is 53.0 Å². The van der Waals surface area contributed by atoms with E-state index in [0.29, 0.717) is 18.4 Å². The maximum atomic E-state index is 12.7. The molecule has 1 unspecified atom stereocenters. The van der Waals surface area contributed by atoms with Crippen LogP contribution in [0.2, 0.25) is 0 Å². The minimum absolute atomic E-state index is 0.110. The first-order valence-corrected chi connectivity index (χ1v) is 9.52. The molecule has 3 rings (SSSR count). The molecular formula is C21H24N6O. The standard InChI is InChI=1S/C21H24N6O/c1-3-17-4-5-18(12-23)27(17)20(28)15-25-21(2)6-8-26(9-7-21)19-10-16(11-22)13-24-14-19/h1,10,13-14,17-18,25H,4-9,15H2,2H3/t17-,18?/m1/s1. The van der Waals surface area contributed by atoms with E-state index in [1.807, 2.05) is 6.07 Å². The fourth-order valence-corrected chi connectivity index (χ4v) is 3.93. The highest BCUT2D eigenvalue weighted by Gasteiger charge is 2.37. The van der Waals surface area contributed by atoms with Crippen LogP contribution in [0.15, 0.2) is 18.5 Å². The second-order valence-electron chi connectivity index (χ2n) is 7.65. The van der Waals surface area contributed by atoms with Crippen molar-refractivity contribution < 1.29 is 4.79 Å². The molecule has 0 bridgehead atoms. The Morgan fingerprint density at radius 3 is 2.68 bits per heavy atom. The highest BCUT2D eigenvalue weighted by molar-refractivity contribution is 5.80. The summed E-state index contributed by atoms with van der Waals surface area (Å²) in [5.41, 5.74) is 1.33. The average Bonchev–Trinajstić information content (AvgIpc) is 3.16. The molecule has 7 heteroatoms. The number of likely N-dealkylation sites (tertiary alicyclic amines) is 1. The summed E-state index contributed by atoms with van der Waals surface area (Å²) in [5, 5.41) is 21.7. The van der Waals surface area contributed by atoms with Crippen LogP contribution in [0.4, 0.5) is 5.69 Å². The van der Waals surface area contributed by atoms with Crippen molar-refractivity contribution in [1.82, 2.24) is 15.2 Å². The minimum atomic E-state index is -0.426. The number of pyridine rings is 1. The number of anilines is 1.